The van der Waals surface area contributed by atoms with Gasteiger partial charge in [0, 0.05) is 37.9 Å². The second kappa shape index (κ2) is 8.98. The Labute approximate surface area is 141 Å². The van der Waals surface area contributed by atoms with Gasteiger partial charge in [0.2, 0.25) is 11.8 Å². The van der Waals surface area contributed by atoms with Crippen LogP contribution in [0.15, 0.2) is 48.6 Å². The lowest BCUT2D eigenvalue weighted by atomic mass is 10.2. The van der Waals surface area contributed by atoms with Crippen molar-refractivity contribution in [1.82, 2.24) is 9.80 Å². The van der Waals surface area contributed by atoms with Crippen molar-refractivity contribution in [2.45, 2.75) is 6.92 Å². The van der Waals surface area contributed by atoms with Gasteiger partial charge in [0.25, 0.3) is 0 Å². The molecular formula is C18H22FN3O2. The number of hydrogen-bond acceptors (Lipinski definition) is 3. The first kappa shape index (κ1) is 17.9. The van der Waals surface area contributed by atoms with Gasteiger partial charge < -0.3 is 10.2 Å². The molecule has 0 spiro atoms. The molecule has 1 fully saturated rings. The molecule has 128 valence electrons. The van der Waals surface area contributed by atoms with E-state index < -0.39 is 0 Å². The van der Waals surface area contributed by atoms with Gasteiger partial charge >= 0.3 is 0 Å². The Kier molecular flexibility index (Phi) is 6.69. The molecule has 1 aliphatic rings. The third kappa shape index (κ3) is 5.62. The Morgan fingerprint density at radius 1 is 1.12 bits per heavy atom. The first-order valence-corrected chi connectivity index (χ1v) is 7.94. The topological polar surface area (TPSA) is 52.7 Å². The number of benzene rings is 1. The van der Waals surface area contributed by atoms with Crippen molar-refractivity contribution in [3.8, 4) is 0 Å². The molecule has 1 aliphatic heterocycles. The molecule has 1 aromatic carbocycles. The summed E-state index contributed by atoms with van der Waals surface area (Å²) in [5, 5.41) is 2.74. The quantitative estimate of drug-likeness (QED) is 0.664. The maximum atomic E-state index is 12.8. The van der Waals surface area contributed by atoms with E-state index in [-0.39, 0.29) is 24.2 Å². The molecule has 2 rings (SSSR count). The van der Waals surface area contributed by atoms with Crippen LogP contribution < -0.4 is 5.32 Å². The lowest BCUT2D eigenvalue weighted by Gasteiger charge is -2.33. The van der Waals surface area contributed by atoms with E-state index in [9.17, 15) is 14.0 Å². The largest absolute Gasteiger partial charge is 0.337 e. The molecule has 1 heterocycles. The summed E-state index contributed by atoms with van der Waals surface area (Å²) in [6, 6.07) is 5.67. The third-order valence-corrected chi connectivity index (χ3v) is 3.72. The van der Waals surface area contributed by atoms with Crippen molar-refractivity contribution >= 4 is 17.5 Å². The van der Waals surface area contributed by atoms with Gasteiger partial charge in [0.1, 0.15) is 5.82 Å². The molecule has 0 unspecified atom stereocenters. The van der Waals surface area contributed by atoms with Gasteiger partial charge in [-0.05, 0) is 31.2 Å². The van der Waals surface area contributed by atoms with E-state index in [2.05, 4.69) is 5.32 Å². The molecule has 24 heavy (non-hydrogen) atoms. The summed E-state index contributed by atoms with van der Waals surface area (Å²) in [7, 11) is 0. The zero-order valence-electron chi connectivity index (χ0n) is 13.7. The van der Waals surface area contributed by atoms with Gasteiger partial charge in [0.15, 0.2) is 0 Å². The van der Waals surface area contributed by atoms with Crippen molar-refractivity contribution in [2.24, 2.45) is 0 Å². The number of anilines is 1. The molecule has 0 radical (unpaired) electrons. The number of amides is 2. The molecule has 0 aliphatic carbocycles. The summed E-state index contributed by atoms with van der Waals surface area (Å²) in [5.74, 6) is -0.491. The third-order valence-electron chi connectivity index (χ3n) is 3.72. The lowest BCUT2D eigenvalue weighted by Crippen LogP contribution is -2.50. The summed E-state index contributed by atoms with van der Waals surface area (Å²) < 4.78 is 12.8. The Morgan fingerprint density at radius 3 is 2.42 bits per heavy atom. The number of piperazine rings is 1. The minimum atomic E-state index is -0.336. The highest BCUT2D eigenvalue weighted by Gasteiger charge is 2.21. The number of allylic oxidation sites excluding steroid dienone is 3. The number of rotatable bonds is 5. The van der Waals surface area contributed by atoms with Gasteiger partial charge in [-0.25, -0.2) is 4.39 Å². The predicted octanol–water partition coefficient (Wildman–Crippen LogP) is 2.04. The molecule has 2 amide bonds. The van der Waals surface area contributed by atoms with Crippen molar-refractivity contribution in [1.29, 1.82) is 0 Å². The Hall–Kier alpha value is -2.47. The van der Waals surface area contributed by atoms with Crippen LogP contribution in [0.25, 0.3) is 0 Å². The minimum Gasteiger partial charge on any atom is -0.337 e. The van der Waals surface area contributed by atoms with E-state index in [0.717, 1.165) is 0 Å². The van der Waals surface area contributed by atoms with Crippen LogP contribution in [-0.4, -0.2) is 54.3 Å². The summed E-state index contributed by atoms with van der Waals surface area (Å²) in [6.45, 7) is 4.66. The van der Waals surface area contributed by atoms with Gasteiger partial charge in [-0.1, -0.05) is 18.2 Å². The number of nitrogens with zero attached hydrogens (tertiary/aromatic N) is 2. The fraction of sp³-hybridized carbons (Fsp3) is 0.333. The number of carbonyl (C=O) groups is 2. The van der Waals surface area contributed by atoms with Crippen molar-refractivity contribution in [3.63, 3.8) is 0 Å². The molecule has 0 saturated carbocycles. The van der Waals surface area contributed by atoms with E-state index in [1.165, 1.54) is 24.3 Å². The highest BCUT2D eigenvalue weighted by molar-refractivity contribution is 5.92. The minimum absolute atomic E-state index is 0.0106. The fourth-order valence-corrected chi connectivity index (χ4v) is 2.42. The first-order valence-electron chi connectivity index (χ1n) is 7.94. The molecule has 1 N–H and O–H groups in total. The van der Waals surface area contributed by atoms with Crippen LogP contribution in [0.2, 0.25) is 0 Å². The maximum Gasteiger partial charge on any atom is 0.246 e. The molecule has 5 nitrogen and oxygen atoms in total. The molecule has 0 atom stereocenters. The van der Waals surface area contributed by atoms with E-state index in [1.807, 2.05) is 24.0 Å². The van der Waals surface area contributed by atoms with Gasteiger partial charge in [-0.15, -0.1) is 0 Å². The van der Waals surface area contributed by atoms with Crippen LogP contribution >= 0.6 is 0 Å². The molecule has 1 saturated heterocycles. The zero-order valence-corrected chi connectivity index (χ0v) is 13.7. The zero-order chi connectivity index (χ0) is 17.4. The Morgan fingerprint density at radius 2 is 1.79 bits per heavy atom. The Bertz CT molecular complexity index is 618. The second-order valence-corrected chi connectivity index (χ2v) is 5.54. The molecule has 1 aromatic rings. The normalized spacial score (nSPS) is 16.0. The first-order chi connectivity index (χ1) is 11.6. The predicted molar refractivity (Wildman–Crippen MR) is 92.0 cm³/mol. The van der Waals surface area contributed by atoms with Gasteiger partial charge in [0.05, 0.1) is 6.54 Å². The van der Waals surface area contributed by atoms with Gasteiger partial charge in [-0.2, -0.15) is 0 Å². The number of carbonyl (C=O) groups excluding carboxylic acids is 2. The molecule has 0 bridgehead atoms. The fourth-order valence-electron chi connectivity index (χ4n) is 2.42. The average Bonchev–Trinajstić information content (AvgIpc) is 2.58. The van der Waals surface area contributed by atoms with Crippen LogP contribution in [0.1, 0.15) is 6.92 Å². The maximum absolute atomic E-state index is 12.8. The van der Waals surface area contributed by atoms with E-state index >= 15 is 0 Å². The van der Waals surface area contributed by atoms with E-state index in [4.69, 9.17) is 0 Å². The highest BCUT2D eigenvalue weighted by Crippen LogP contribution is 2.09. The number of nitrogens with one attached hydrogen (secondary N) is 1. The number of halogens is 1. The van der Waals surface area contributed by atoms with Crippen molar-refractivity contribution < 1.29 is 14.0 Å². The van der Waals surface area contributed by atoms with E-state index in [0.29, 0.717) is 31.9 Å². The van der Waals surface area contributed by atoms with Crippen LogP contribution in [0.4, 0.5) is 10.1 Å². The molecule has 0 aromatic heterocycles. The monoisotopic (exact) mass is 331 g/mol. The summed E-state index contributed by atoms with van der Waals surface area (Å²) in [4.78, 5) is 27.7. The standard InChI is InChI=1S/C18H22FN3O2/c1-2-3-4-5-18(24)22-12-10-21(11-13-22)14-17(23)20-16-8-6-15(19)7-9-16/h2-9H,10-14H2,1H3,(H,20,23)/b3-2+,5-4+. The second-order valence-electron chi connectivity index (χ2n) is 5.54. The van der Waals surface area contributed by atoms with Crippen LogP contribution in [-0.2, 0) is 9.59 Å². The Balaban J connectivity index is 1.75. The van der Waals surface area contributed by atoms with Crippen LogP contribution in [0.5, 0.6) is 0 Å². The number of hydrogen-bond donors (Lipinski definition) is 1. The van der Waals surface area contributed by atoms with E-state index in [1.54, 1.807) is 17.1 Å². The smallest absolute Gasteiger partial charge is 0.246 e. The SMILES string of the molecule is C/C=C/C=C/C(=O)N1CCN(CC(=O)Nc2ccc(F)cc2)CC1. The molecule has 6 heteroatoms. The van der Waals surface area contributed by atoms with Crippen LogP contribution in [0.3, 0.4) is 0 Å². The average molecular weight is 331 g/mol. The van der Waals surface area contributed by atoms with Crippen molar-refractivity contribution in [2.75, 3.05) is 38.0 Å². The highest BCUT2D eigenvalue weighted by atomic mass is 19.1. The summed E-state index contributed by atoms with van der Waals surface area (Å²) >= 11 is 0. The van der Waals surface area contributed by atoms with Gasteiger partial charge in [-0.3, -0.25) is 14.5 Å². The summed E-state index contributed by atoms with van der Waals surface area (Å²) in [6.07, 6.45) is 6.96. The van der Waals surface area contributed by atoms with Crippen LogP contribution in [0, 0.1) is 5.82 Å². The van der Waals surface area contributed by atoms with Crippen molar-refractivity contribution in [3.05, 3.63) is 54.4 Å². The lowest BCUT2D eigenvalue weighted by molar-refractivity contribution is -0.128. The summed E-state index contributed by atoms with van der Waals surface area (Å²) in [5.41, 5.74) is 0.573. The molecular weight excluding hydrogens is 309 g/mol.